The molecule has 8 nitrogen and oxygen atoms in total. The molecule has 0 bridgehead atoms. The van der Waals surface area contributed by atoms with Gasteiger partial charge in [-0.1, -0.05) is 0 Å². The van der Waals surface area contributed by atoms with Crippen molar-refractivity contribution in [2.24, 2.45) is 0 Å². The van der Waals surface area contributed by atoms with E-state index in [4.69, 9.17) is 9.47 Å². The van der Waals surface area contributed by atoms with Crippen LogP contribution in [0.1, 0.15) is 25.7 Å². The van der Waals surface area contributed by atoms with Crippen LogP contribution in [0.25, 0.3) is 0 Å². The molecule has 1 saturated carbocycles. The number of nitrogens with one attached hydrogen (secondary N) is 2. The third-order valence-corrected chi connectivity index (χ3v) is 5.63. The lowest BCUT2D eigenvalue weighted by Gasteiger charge is -2.13. The molecule has 1 aliphatic rings. The Morgan fingerprint density at radius 1 is 1.04 bits per heavy atom. The third kappa shape index (κ3) is 5.54. The Morgan fingerprint density at radius 3 is 2.33 bits per heavy atom. The molecule has 0 atom stereocenters. The van der Waals surface area contributed by atoms with Gasteiger partial charge in [-0.15, -0.1) is 10.2 Å². The normalized spacial score (nSPS) is 14.9. The summed E-state index contributed by atoms with van der Waals surface area (Å²) >= 11 is 0. The van der Waals surface area contributed by atoms with E-state index in [1.54, 1.807) is 31.4 Å². The Morgan fingerprint density at radius 2 is 1.70 bits per heavy atom. The Hall–Kier alpha value is -2.39. The topological polar surface area (TPSA) is 102 Å². The number of hydrogen-bond donors (Lipinski definition) is 2. The van der Waals surface area contributed by atoms with E-state index in [1.165, 1.54) is 25.0 Å². The van der Waals surface area contributed by atoms with Gasteiger partial charge in [-0.3, -0.25) is 4.72 Å². The van der Waals surface area contributed by atoms with E-state index in [0.29, 0.717) is 24.7 Å². The molecule has 1 heterocycles. The number of rotatable bonds is 9. The molecule has 146 valence electrons. The SMILES string of the molecule is COCCNc1ccc(NS(=O)(=O)c2ccc(OC3CCCC3)cc2)nn1. The van der Waals surface area contributed by atoms with Crippen molar-refractivity contribution in [3.8, 4) is 5.75 Å². The van der Waals surface area contributed by atoms with Crippen molar-refractivity contribution in [3.05, 3.63) is 36.4 Å². The van der Waals surface area contributed by atoms with Crippen LogP contribution < -0.4 is 14.8 Å². The Labute approximate surface area is 159 Å². The lowest BCUT2D eigenvalue weighted by atomic mass is 10.3. The third-order valence-electron chi connectivity index (χ3n) is 4.25. The van der Waals surface area contributed by atoms with E-state index in [1.807, 2.05) is 0 Å². The average Bonchev–Trinajstić information content (AvgIpc) is 3.17. The molecule has 0 aliphatic heterocycles. The standard InChI is InChI=1S/C18H24N4O4S/c1-25-13-12-19-17-10-11-18(21-20-17)22-27(23,24)16-8-6-15(7-9-16)26-14-4-2-3-5-14/h6-11,14H,2-5,12-13H2,1H3,(H,19,20)(H,21,22). The van der Waals surface area contributed by atoms with Gasteiger partial charge in [-0.2, -0.15) is 0 Å². The molecule has 1 aromatic carbocycles. The smallest absolute Gasteiger partial charge is 0.263 e. The highest BCUT2D eigenvalue weighted by molar-refractivity contribution is 7.92. The van der Waals surface area contributed by atoms with Crippen molar-refractivity contribution in [1.29, 1.82) is 0 Å². The lowest BCUT2D eigenvalue weighted by molar-refractivity contribution is 0.210. The fourth-order valence-electron chi connectivity index (χ4n) is 2.85. The van der Waals surface area contributed by atoms with Crippen LogP contribution in [-0.2, 0) is 14.8 Å². The van der Waals surface area contributed by atoms with Crippen molar-refractivity contribution < 1.29 is 17.9 Å². The molecular formula is C18H24N4O4S. The summed E-state index contributed by atoms with van der Waals surface area (Å²) in [6.07, 6.45) is 4.70. The van der Waals surface area contributed by atoms with Crippen LogP contribution >= 0.6 is 0 Å². The number of aromatic nitrogens is 2. The van der Waals surface area contributed by atoms with E-state index in [0.717, 1.165) is 12.8 Å². The molecule has 1 aliphatic carbocycles. The number of nitrogens with zero attached hydrogens (tertiary/aromatic N) is 2. The summed E-state index contributed by atoms with van der Waals surface area (Å²) in [5, 5.41) is 10.8. The van der Waals surface area contributed by atoms with Crippen molar-refractivity contribution in [1.82, 2.24) is 10.2 Å². The second-order valence-corrected chi connectivity index (χ2v) is 8.01. The van der Waals surface area contributed by atoms with E-state index >= 15 is 0 Å². The van der Waals surface area contributed by atoms with Gasteiger partial charge >= 0.3 is 0 Å². The van der Waals surface area contributed by atoms with E-state index < -0.39 is 10.0 Å². The van der Waals surface area contributed by atoms with Gasteiger partial charge in [-0.25, -0.2) is 8.42 Å². The van der Waals surface area contributed by atoms with Gasteiger partial charge in [-0.05, 0) is 62.1 Å². The monoisotopic (exact) mass is 392 g/mol. The van der Waals surface area contributed by atoms with E-state index in [-0.39, 0.29) is 16.8 Å². The summed E-state index contributed by atoms with van der Waals surface area (Å²) in [6, 6.07) is 9.63. The summed E-state index contributed by atoms with van der Waals surface area (Å²) in [4.78, 5) is 0.144. The summed E-state index contributed by atoms with van der Waals surface area (Å²) < 4.78 is 38.2. The van der Waals surface area contributed by atoms with Gasteiger partial charge in [0.05, 0.1) is 17.6 Å². The Balaban J connectivity index is 1.60. The quantitative estimate of drug-likeness (QED) is 0.633. The summed E-state index contributed by atoms with van der Waals surface area (Å²) in [7, 11) is -2.13. The van der Waals surface area contributed by atoms with Gasteiger partial charge in [0.1, 0.15) is 11.6 Å². The van der Waals surface area contributed by atoms with Gasteiger partial charge < -0.3 is 14.8 Å². The molecule has 1 aromatic heterocycles. The molecule has 1 fully saturated rings. The minimum atomic E-state index is -3.74. The number of ether oxygens (including phenoxy) is 2. The van der Waals surface area contributed by atoms with Crippen molar-refractivity contribution in [2.45, 2.75) is 36.7 Å². The first-order chi connectivity index (χ1) is 13.1. The second-order valence-electron chi connectivity index (χ2n) is 6.32. The zero-order valence-corrected chi connectivity index (χ0v) is 16.0. The number of sulfonamides is 1. The van der Waals surface area contributed by atoms with Crippen LogP contribution in [0, 0.1) is 0 Å². The molecule has 0 saturated heterocycles. The van der Waals surface area contributed by atoms with Crippen molar-refractivity contribution in [2.75, 3.05) is 30.3 Å². The van der Waals surface area contributed by atoms with E-state index in [9.17, 15) is 8.42 Å². The molecular weight excluding hydrogens is 368 g/mol. The predicted octanol–water partition coefficient (Wildman–Crippen LogP) is 2.66. The number of benzene rings is 1. The first-order valence-corrected chi connectivity index (χ1v) is 10.4. The molecule has 0 amide bonds. The maximum absolute atomic E-state index is 12.5. The molecule has 0 radical (unpaired) electrons. The summed E-state index contributed by atoms with van der Waals surface area (Å²) in [5.41, 5.74) is 0. The summed E-state index contributed by atoms with van der Waals surface area (Å²) in [5.74, 6) is 1.38. The molecule has 9 heteroatoms. The highest BCUT2D eigenvalue weighted by Crippen LogP contribution is 2.25. The van der Waals surface area contributed by atoms with Crippen LogP contribution in [-0.4, -0.2) is 45.0 Å². The minimum Gasteiger partial charge on any atom is -0.490 e. The summed E-state index contributed by atoms with van der Waals surface area (Å²) in [6.45, 7) is 1.13. The molecule has 0 unspecified atom stereocenters. The van der Waals surface area contributed by atoms with Crippen molar-refractivity contribution >= 4 is 21.7 Å². The Bertz CT molecular complexity index is 819. The van der Waals surface area contributed by atoms with Gasteiger partial charge in [0.2, 0.25) is 0 Å². The van der Waals surface area contributed by atoms with Gasteiger partial charge in [0, 0.05) is 13.7 Å². The van der Waals surface area contributed by atoms with Crippen LogP contribution in [0.15, 0.2) is 41.3 Å². The Kier molecular flexibility index (Phi) is 6.46. The van der Waals surface area contributed by atoms with Crippen molar-refractivity contribution in [3.63, 3.8) is 0 Å². The lowest BCUT2D eigenvalue weighted by Crippen LogP contribution is -2.15. The zero-order valence-electron chi connectivity index (χ0n) is 15.2. The van der Waals surface area contributed by atoms with Crippen LogP contribution in [0.3, 0.4) is 0 Å². The average molecular weight is 392 g/mol. The minimum absolute atomic E-state index is 0.144. The fraction of sp³-hybridized carbons (Fsp3) is 0.444. The molecule has 0 spiro atoms. The maximum atomic E-state index is 12.5. The highest BCUT2D eigenvalue weighted by Gasteiger charge is 2.18. The van der Waals surface area contributed by atoms with Crippen LogP contribution in [0.2, 0.25) is 0 Å². The predicted molar refractivity (Wildman–Crippen MR) is 103 cm³/mol. The fourth-order valence-corrected chi connectivity index (χ4v) is 3.85. The molecule has 3 rings (SSSR count). The molecule has 2 N–H and O–H groups in total. The van der Waals surface area contributed by atoms with Gasteiger partial charge in [0.15, 0.2) is 5.82 Å². The van der Waals surface area contributed by atoms with Crippen LogP contribution in [0.5, 0.6) is 5.75 Å². The highest BCUT2D eigenvalue weighted by atomic mass is 32.2. The first-order valence-electron chi connectivity index (χ1n) is 8.93. The second kappa shape index (κ2) is 9.01. The number of anilines is 2. The number of hydrogen-bond acceptors (Lipinski definition) is 7. The first kappa shape index (κ1) is 19.4. The maximum Gasteiger partial charge on any atom is 0.263 e. The molecule has 2 aromatic rings. The largest absolute Gasteiger partial charge is 0.490 e. The van der Waals surface area contributed by atoms with Gasteiger partial charge in [0.25, 0.3) is 10.0 Å². The number of methoxy groups -OCH3 is 1. The zero-order chi connectivity index (χ0) is 19.1. The van der Waals surface area contributed by atoms with Crippen LogP contribution in [0.4, 0.5) is 11.6 Å². The van der Waals surface area contributed by atoms with E-state index in [2.05, 4.69) is 20.2 Å². The molecule has 27 heavy (non-hydrogen) atoms.